The maximum Gasteiger partial charge on any atom is 0.250 e. The predicted molar refractivity (Wildman–Crippen MR) is 73.2 cm³/mol. The first kappa shape index (κ1) is 15.6. The van der Waals surface area contributed by atoms with Crippen molar-refractivity contribution in [2.75, 3.05) is 20.3 Å². The van der Waals surface area contributed by atoms with E-state index in [1.165, 1.54) is 11.3 Å². The van der Waals surface area contributed by atoms with Crippen LogP contribution < -0.4 is 10.5 Å². The first-order valence-corrected chi connectivity index (χ1v) is 7.98. The van der Waals surface area contributed by atoms with Gasteiger partial charge in [0.2, 0.25) is 10.0 Å². The summed E-state index contributed by atoms with van der Waals surface area (Å²) in [4.78, 5) is 0.903. The number of ether oxygens (including phenoxy) is 1. The van der Waals surface area contributed by atoms with Gasteiger partial charge < -0.3 is 10.5 Å². The monoisotopic (exact) mass is 292 g/mol. The van der Waals surface area contributed by atoms with Gasteiger partial charge in [-0.2, -0.15) is 0 Å². The Balaban J connectivity index is 2.74. The van der Waals surface area contributed by atoms with E-state index < -0.39 is 10.0 Å². The highest BCUT2D eigenvalue weighted by atomic mass is 32.2. The molecule has 0 aromatic carbocycles. The topological polar surface area (TPSA) is 81.4 Å². The van der Waals surface area contributed by atoms with Gasteiger partial charge in [-0.15, -0.1) is 11.3 Å². The SMILES string of the molecule is COCC(C)CNS(=O)(=O)c1cc(C)c(CN)s1. The van der Waals surface area contributed by atoms with Gasteiger partial charge in [-0.1, -0.05) is 6.92 Å². The summed E-state index contributed by atoms with van der Waals surface area (Å²) < 4.78 is 32.0. The summed E-state index contributed by atoms with van der Waals surface area (Å²) in [7, 11) is -1.83. The number of thiophene rings is 1. The van der Waals surface area contributed by atoms with E-state index in [0.717, 1.165) is 10.4 Å². The van der Waals surface area contributed by atoms with Crippen LogP contribution >= 0.6 is 11.3 Å². The van der Waals surface area contributed by atoms with Gasteiger partial charge in [-0.25, -0.2) is 13.1 Å². The van der Waals surface area contributed by atoms with Crippen molar-refractivity contribution in [2.45, 2.75) is 24.6 Å². The standard InChI is InChI=1S/C11H20N2O3S2/c1-8(7-16-3)6-13-18(14,15)11-4-9(2)10(5-12)17-11/h4,8,13H,5-7,12H2,1-3H3. The Morgan fingerprint density at radius 2 is 2.22 bits per heavy atom. The van der Waals surface area contributed by atoms with Crippen LogP contribution in [-0.4, -0.2) is 28.7 Å². The molecule has 0 saturated carbocycles. The minimum absolute atomic E-state index is 0.139. The Labute approximate surface area is 112 Å². The molecule has 3 N–H and O–H groups in total. The molecule has 0 bridgehead atoms. The molecule has 0 amide bonds. The fraction of sp³-hybridized carbons (Fsp3) is 0.636. The summed E-state index contributed by atoms with van der Waals surface area (Å²) in [6.07, 6.45) is 0. The first-order chi connectivity index (χ1) is 8.40. The van der Waals surface area contributed by atoms with Crippen molar-refractivity contribution in [1.82, 2.24) is 4.72 Å². The van der Waals surface area contributed by atoms with Crippen LogP contribution in [0, 0.1) is 12.8 Å². The molecule has 1 aromatic heterocycles. The van der Waals surface area contributed by atoms with Gasteiger partial charge in [-0.05, 0) is 24.5 Å². The van der Waals surface area contributed by atoms with E-state index in [4.69, 9.17) is 10.5 Å². The number of aryl methyl sites for hydroxylation is 1. The second-order valence-electron chi connectivity index (χ2n) is 4.29. The Hall–Kier alpha value is -0.470. The average molecular weight is 292 g/mol. The lowest BCUT2D eigenvalue weighted by molar-refractivity contribution is 0.161. The molecule has 0 aliphatic heterocycles. The summed E-state index contributed by atoms with van der Waals surface area (Å²) in [5.41, 5.74) is 6.47. The molecule has 18 heavy (non-hydrogen) atoms. The Morgan fingerprint density at radius 3 is 2.72 bits per heavy atom. The van der Waals surface area contributed by atoms with Crippen LogP contribution in [0.15, 0.2) is 10.3 Å². The number of rotatable bonds is 7. The normalized spacial score (nSPS) is 13.8. The highest BCUT2D eigenvalue weighted by Crippen LogP contribution is 2.25. The van der Waals surface area contributed by atoms with Crippen LogP contribution in [0.2, 0.25) is 0 Å². The Kier molecular flexibility index (Phi) is 5.74. The molecule has 104 valence electrons. The first-order valence-electron chi connectivity index (χ1n) is 5.68. The van der Waals surface area contributed by atoms with E-state index in [9.17, 15) is 8.42 Å². The minimum Gasteiger partial charge on any atom is -0.384 e. The van der Waals surface area contributed by atoms with E-state index >= 15 is 0 Å². The third-order valence-corrected chi connectivity index (χ3v) is 5.68. The lowest BCUT2D eigenvalue weighted by Gasteiger charge is -2.10. The maximum atomic E-state index is 12.0. The smallest absolute Gasteiger partial charge is 0.250 e. The molecule has 5 nitrogen and oxygen atoms in total. The van der Waals surface area contributed by atoms with Gasteiger partial charge in [0.1, 0.15) is 4.21 Å². The van der Waals surface area contributed by atoms with Crippen LogP contribution in [0.25, 0.3) is 0 Å². The number of hydrogen-bond donors (Lipinski definition) is 2. The zero-order chi connectivity index (χ0) is 13.8. The fourth-order valence-corrected chi connectivity index (χ4v) is 4.17. The second-order valence-corrected chi connectivity index (χ2v) is 7.42. The zero-order valence-corrected chi connectivity index (χ0v) is 12.5. The molecular formula is C11H20N2O3S2. The van der Waals surface area contributed by atoms with Crippen LogP contribution in [0.1, 0.15) is 17.4 Å². The lowest BCUT2D eigenvalue weighted by atomic mass is 10.2. The minimum atomic E-state index is -3.43. The van der Waals surface area contributed by atoms with Crippen molar-refractivity contribution in [3.63, 3.8) is 0 Å². The van der Waals surface area contributed by atoms with Crippen molar-refractivity contribution in [2.24, 2.45) is 11.7 Å². The van der Waals surface area contributed by atoms with Crippen LogP contribution in [0.3, 0.4) is 0 Å². The van der Waals surface area contributed by atoms with Crippen molar-refractivity contribution in [1.29, 1.82) is 0 Å². The fourth-order valence-electron chi connectivity index (χ4n) is 1.49. The summed E-state index contributed by atoms with van der Waals surface area (Å²) in [5, 5.41) is 0. The quantitative estimate of drug-likeness (QED) is 0.788. The molecule has 0 spiro atoms. The summed E-state index contributed by atoms with van der Waals surface area (Å²) in [6, 6.07) is 1.66. The highest BCUT2D eigenvalue weighted by Gasteiger charge is 2.19. The van der Waals surface area contributed by atoms with Gasteiger partial charge >= 0.3 is 0 Å². The van der Waals surface area contributed by atoms with E-state index in [1.54, 1.807) is 13.2 Å². The predicted octanol–water partition coefficient (Wildman–Crippen LogP) is 1.08. The number of methoxy groups -OCH3 is 1. The number of hydrogen-bond acceptors (Lipinski definition) is 5. The second kappa shape index (κ2) is 6.63. The molecule has 0 radical (unpaired) electrons. The van der Waals surface area contributed by atoms with Crippen LogP contribution in [0.5, 0.6) is 0 Å². The number of nitrogens with two attached hydrogens (primary N) is 1. The Bertz CT molecular complexity index is 482. The molecule has 1 aromatic rings. The molecule has 7 heteroatoms. The van der Waals surface area contributed by atoms with E-state index in [-0.39, 0.29) is 5.92 Å². The molecule has 0 aliphatic carbocycles. The highest BCUT2D eigenvalue weighted by molar-refractivity contribution is 7.91. The van der Waals surface area contributed by atoms with E-state index in [0.29, 0.717) is 23.9 Å². The number of nitrogens with one attached hydrogen (secondary N) is 1. The number of sulfonamides is 1. The summed E-state index contributed by atoms with van der Waals surface area (Å²) in [6.45, 7) is 5.06. The molecular weight excluding hydrogens is 272 g/mol. The molecule has 1 heterocycles. The Morgan fingerprint density at radius 1 is 1.56 bits per heavy atom. The van der Waals surface area contributed by atoms with Crippen LogP contribution in [-0.2, 0) is 21.3 Å². The van der Waals surface area contributed by atoms with Gasteiger partial charge in [0.25, 0.3) is 0 Å². The van der Waals surface area contributed by atoms with Gasteiger partial charge in [0, 0.05) is 31.7 Å². The molecule has 0 saturated heterocycles. The van der Waals surface area contributed by atoms with Crippen molar-refractivity contribution < 1.29 is 13.2 Å². The van der Waals surface area contributed by atoms with E-state index in [1.807, 2.05) is 13.8 Å². The molecule has 0 fully saturated rings. The lowest BCUT2D eigenvalue weighted by Crippen LogP contribution is -2.29. The summed E-state index contributed by atoms with van der Waals surface area (Å²) in [5.74, 6) is 0.139. The third kappa shape index (κ3) is 4.03. The van der Waals surface area contributed by atoms with Crippen LogP contribution in [0.4, 0.5) is 0 Å². The third-order valence-electron chi connectivity index (χ3n) is 2.52. The summed E-state index contributed by atoms with van der Waals surface area (Å²) >= 11 is 1.22. The molecule has 0 aliphatic rings. The molecule has 1 rings (SSSR count). The molecule has 1 atom stereocenters. The van der Waals surface area contributed by atoms with Gasteiger partial charge in [-0.3, -0.25) is 0 Å². The van der Waals surface area contributed by atoms with Crippen molar-refractivity contribution in [3.8, 4) is 0 Å². The van der Waals surface area contributed by atoms with Crippen molar-refractivity contribution >= 4 is 21.4 Å². The van der Waals surface area contributed by atoms with E-state index in [2.05, 4.69) is 4.72 Å². The van der Waals surface area contributed by atoms with Crippen molar-refractivity contribution in [3.05, 3.63) is 16.5 Å². The zero-order valence-electron chi connectivity index (χ0n) is 10.9. The van der Waals surface area contributed by atoms with Gasteiger partial charge in [0.15, 0.2) is 0 Å². The van der Waals surface area contributed by atoms with Gasteiger partial charge in [0.05, 0.1) is 0 Å². The average Bonchev–Trinajstić information content (AvgIpc) is 2.69. The maximum absolute atomic E-state index is 12.0. The largest absolute Gasteiger partial charge is 0.384 e. The molecule has 1 unspecified atom stereocenters.